The van der Waals surface area contributed by atoms with Gasteiger partial charge in [0.15, 0.2) is 0 Å². The van der Waals surface area contributed by atoms with Gasteiger partial charge in [-0.25, -0.2) is 14.5 Å². The van der Waals surface area contributed by atoms with Crippen LogP contribution < -0.4 is 10.6 Å². The highest BCUT2D eigenvalue weighted by molar-refractivity contribution is 7.80. The third-order valence-electron chi connectivity index (χ3n) is 3.34. The zero-order valence-electron chi connectivity index (χ0n) is 14.8. The summed E-state index contributed by atoms with van der Waals surface area (Å²) in [6, 6.07) is -2.26. The summed E-state index contributed by atoms with van der Waals surface area (Å²) < 4.78 is 5.12. The molecule has 0 radical (unpaired) electrons. The van der Waals surface area contributed by atoms with E-state index in [9.17, 15) is 24.0 Å². The van der Waals surface area contributed by atoms with Crippen molar-refractivity contribution in [2.45, 2.75) is 51.3 Å². The lowest BCUT2D eigenvalue weighted by Gasteiger charge is -2.26. The molecule has 0 bridgehead atoms. The number of carboxylic acid groups (broad SMARTS) is 1. The zero-order chi connectivity index (χ0) is 20.1. The van der Waals surface area contributed by atoms with Gasteiger partial charge in [0.1, 0.15) is 17.7 Å². The molecule has 0 saturated carbocycles. The SMILES string of the molecule is CC(C)(C)OC(=O)N1C(=O)CC[C@H]1C(=O)NCC(=O)N[C@@H](CS)C(=O)O. The van der Waals surface area contributed by atoms with Gasteiger partial charge in [-0.2, -0.15) is 12.6 Å². The number of aliphatic carboxylic acids is 1. The molecule has 3 N–H and O–H groups in total. The lowest BCUT2D eigenvalue weighted by atomic mass is 10.2. The molecule has 0 aromatic carbocycles. The van der Waals surface area contributed by atoms with E-state index in [1.807, 2.05) is 0 Å². The van der Waals surface area contributed by atoms with Crippen molar-refractivity contribution in [3.8, 4) is 0 Å². The number of thiol groups is 1. The smallest absolute Gasteiger partial charge is 0.417 e. The van der Waals surface area contributed by atoms with Gasteiger partial charge >= 0.3 is 12.1 Å². The van der Waals surface area contributed by atoms with E-state index in [4.69, 9.17) is 9.84 Å². The number of hydrogen-bond acceptors (Lipinski definition) is 7. The number of amides is 4. The van der Waals surface area contributed by atoms with Crippen molar-refractivity contribution in [3.63, 3.8) is 0 Å². The maximum absolute atomic E-state index is 12.2. The van der Waals surface area contributed by atoms with Crippen LogP contribution in [0.4, 0.5) is 4.79 Å². The maximum atomic E-state index is 12.2. The standard InChI is InChI=1S/C15H23N3O7S/c1-15(2,3)25-14(24)18-9(4-5-11(18)20)12(21)16-6-10(19)17-8(7-26)13(22)23/h8-9,26H,4-7H2,1-3H3,(H,16,21)(H,17,19)(H,22,23)/t8-,9-/m0/s1. The Kier molecular flexibility index (Phi) is 7.42. The average Bonchev–Trinajstić information content (AvgIpc) is 2.90. The Balaban J connectivity index is 2.65. The summed E-state index contributed by atoms with van der Waals surface area (Å²) in [6.07, 6.45) is -0.810. The number of imide groups is 1. The van der Waals surface area contributed by atoms with Crippen LogP contribution in [0.2, 0.25) is 0 Å². The number of carboxylic acids is 1. The molecule has 146 valence electrons. The number of ether oxygens (including phenoxy) is 1. The number of likely N-dealkylation sites (tertiary alicyclic amines) is 1. The van der Waals surface area contributed by atoms with E-state index >= 15 is 0 Å². The molecule has 1 saturated heterocycles. The molecular weight excluding hydrogens is 366 g/mol. The van der Waals surface area contributed by atoms with Gasteiger partial charge in [0.25, 0.3) is 0 Å². The van der Waals surface area contributed by atoms with Crippen molar-refractivity contribution in [3.05, 3.63) is 0 Å². The zero-order valence-corrected chi connectivity index (χ0v) is 15.7. The molecule has 4 amide bonds. The predicted octanol–water partition coefficient (Wildman–Crippen LogP) is -0.472. The number of hydrogen-bond donors (Lipinski definition) is 4. The molecule has 11 heteroatoms. The van der Waals surface area contributed by atoms with E-state index in [0.29, 0.717) is 0 Å². The molecular formula is C15H23N3O7S. The van der Waals surface area contributed by atoms with Crippen molar-refractivity contribution >= 4 is 42.4 Å². The van der Waals surface area contributed by atoms with Gasteiger partial charge in [0.05, 0.1) is 6.54 Å². The van der Waals surface area contributed by atoms with Crippen molar-refractivity contribution in [2.75, 3.05) is 12.3 Å². The van der Waals surface area contributed by atoms with E-state index in [1.54, 1.807) is 20.8 Å². The fraction of sp³-hybridized carbons (Fsp3) is 0.667. The van der Waals surface area contributed by atoms with Gasteiger partial charge in [0.2, 0.25) is 17.7 Å². The molecule has 0 aromatic rings. The van der Waals surface area contributed by atoms with Crippen LogP contribution in [0.1, 0.15) is 33.6 Å². The highest BCUT2D eigenvalue weighted by Gasteiger charge is 2.42. The Morgan fingerprint density at radius 2 is 1.96 bits per heavy atom. The molecule has 1 rings (SSSR count). The Bertz CT molecular complexity index is 603. The first-order valence-electron chi connectivity index (χ1n) is 7.92. The topological polar surface area (TPSA) is 142 Å². The molecule has 0 aromatic heterocycles. The molecule has 0 spiro atoms. The van der Waals surface area contributed by atoms with E-state index in [1.165, 1.54) is 0 Å². The molecule has 1 fully saturated rings. The van der Waals surface area contributed by atoms with Gasteiger partial charge in [-0.15, -0.1) is 0 Å². The van der Waals surface area contributed by atoms with Crippen LogP contribution in [-0.4, -0.2) is 69.8 Å². The molecule has 1 aliphatic heterocycles. The predicted molar refractivity (Wildman–Crippen MR) is 92.5 cm³/mol. The molecule has 26 heavy (non-hydrogen) atoms. The number of nitrogens with one attached hydrogen (secondary N) is 2. The minimum absolute atomic E-state index is 0.00423. The molecule has 10 nitrogen and oxygen atoms in total. The summed E-state index contributed by atoms with van der Waals surface area (Å²) >= 11 is 3.81. The largest absolute Gasteiger partial charge is 0.480 e. The summed E-state index contributed by atoms with van der Waals surface area (Å²) in [7, 11) is 0. The van der Waals surface area contributed by atoms with Crippen molar-refractivity contribution in [1.29, 1.82) is 0 Å². The van der Waals surface area contributed by atoms with Gasteiger partial charge in [0, 0.05) is 12.2 Å². The molecule has 2 atom stereocenters. The normalized spacial score (nSPS) is 18.2. The first-order chi connectivity index (χ1) is 12.0. The highest BCUT2D eigenvalue weighted by Crippen LogP contribution is 2.22. The van der Waals surface area contributed by atoms with Crippen molar-refractivity contribution < 1.29 is 33.8 Å². The number of carbonyl (C=O) groups excluding carboxylic acids is 4. The van der Waals surface area contributed by atoms with Crippen LogP contribution in [0.25, 0.3) is 0 Å². The lowest BCUT2D eigenvalue weighted by Crippen LogP contribution is -2.52. The quantitative estimate of drug-likeness (QED) is 0.450. The third-order valence-corrected chi connectivity index (χ3v) is 3.71. The average molecular weight is 389 g/mol. The highest BCUT2D eigenvalue weighted by atomic mass is 32.1. The van der Waals surface area contributed by atoms with E-state index < -0.39 is 54.0 Å². The molecule has 1 heterocycles. The number of carbonyl (C=O) groups is 5. The van der Waals surface area contributed by atoms with Crippen LogP contribution in [-0.2, 0) is 23.9 Å². The Hall–Kier alpha value is -2.30. The third kappa shape index (κ3) is 6.21. The van der Waals surface area contributed by atoms with E-state index in [2.05, 4.69) is 23.3 Å². The molecule has 1 aliphatic rings. The van der Waals surface area contributed by atoms with Crippen molar-refractivity contribution in [2.24, 2.45) is 0 Å². The monoisotopic (exact) mass is 389 g/mol. The molecule has 0 unspecified atom stereocenters. The summed E-state index contributed by atoms with van der Waals surface area (Å²) in [6.45, 7) is 4.39. The fourth-order valence-corrected chi connectivity index (χ4v) is 2.44. The lowest BCUT2D eigenvalue weighted by molar-refractivity contribution is -0.141. The van der Waals surface area contributed by atoms with E-state index in [-0.39, 0.29) is 18.6 Å². The Morgan fingerprint density at radius 1 is 1.35 bits per heavy atom. The van der Waals surface area contributed by atoms with Gasteiger partial charge in [-0.1, -0.05) is 0 Å². The maximum Gasteiger partial charge on any atom is 0.417 e. The van der Waals surface area contributed by atoms with Gasteiger partial charge in [-0.3, -0.25) is 14.4 Å². The number of rotatable bonds is 6. The number of nitrogens with zero attached hydrogens (tertiary/aromatic N) is 1. The second-order valence-corrected chi connectivity index (χ2v) is 7.02. The molecule has 0 aliphatic carbocycles. The van der Waals surface area contributed by atoms with Crippen LogP contribution in [0, 0.1) is 0 Å². The van der Waals surface area contributed by atoms with Gasteiger partial charge < -0.3 is 20.5 Å². The van der Waals surface area contributed by atoms with Gasteiger partial charge in [-0.05, 0) is 27.2 Å². The summed E-state index contributed by atoms with van der Waals surface area (Å²) in [5, 5.41) is 13.3. The second-order valence-electron chi connectivity index (χ2n) is 6.66. The van der Waals surface area contributed by atoms with Crippen LogP contribution in [0.3, 0.4) is 0 Å². The summed E-state index contributed by atoms with van der Waals surface area (Å²) in [5.41, 5.74) is -0.834. The summed E-state index contributed by atoms with van der Waals surface area (Å²) in [4.78, 5) is 59.6. The Morgan fingerprint density at radius 3 is 2.46 bits per heavy atom. The first-order valence-corrected chi connectivity index (χ1v) is 8.55. The van der Waals surface area contributed by atoms with Crippen LogP contribution >= 0.6 is 12.6 Å². The fourth-order valence-electron chi connectivity index (χ4n) is 2.19. The Labute approximate surface area is 156 Å². The first kappa shape index (κ1) is 21.7. The minimum Gasteiger partial charge on any atom is -0.480 e. The van der Waals surface area contributed by atoms with E-state index in [0.717, 1.165) is 4.90 Å². The summed E-state index contributed by atoms with van der Waals surface area (Å²) in [5.74, 6) is -3.33. The van der Waals surface area contributed by atoms with Crippen LogP contribution in [0.5, 0.6) is 0 Å². The second kappa shape index (κ2) is 8.88. The minimum atomic E-state index is -1.25. The van der Waals surface area contributed by atoms with Crippen LogP contribution in [0.15, 0.2) is 0 Å². The van der Waals surface area contributed by atoms with Crippen molar-refractivity contribution in [1.82, 2.24) is 15.5 Å².